The van der Waals surface area contributed by atoms with E-state index < -0.39 is 0 Å². The molecular weight excluding hydrogens is 196 g/mol. The lowest BCUT2D eigenvalue weighted by Gasteiger charge is -2.45. The van der Waals surface area contributed by atoms with Crippen LogP contribution in [0.15, 0.2) is 0 Å². The molecule has 2 aliphatic heterocycles. The molecule has 0 aromatic heterocycles. The fourth-order valence-corrected chi connectivity index (χ4v) is 4.20. The van der Waals surface area contributed by atoms with Crippen molar-refractivity contribution in [2.75, 3.05) is 19.6 Å². The van der Waals surface area contributed by atoms with Crippen LogP contribution in [0.5, 0.6) is 0 Å². The van der Waals surface area contributed by atoms with Gasteiger partial charge in [0, 0.05) is 31.2 Å². The van der Waals surface area contributed by atoms with Gasteiger partial charge in [0.05, 0.1) is 0 Å². The molecule has 0 bridgehead atoms. The summed E-state index contributed by atoms with van der Waals surface area (Å²) in [6, 6.07) is 2.60. The van der Waals surface area contributed by atoms with E-state index in [4.69, 9.17) is 0 Å². The van der Waals surface area contributed by atoms with Crippen LogP contribution in [-0.2, 0) is 0 Å². The van der Waals surface area contributed by atoms with E-state index in [1.807, 2.05) is 0 Å². The summed E-state index contributed by atoms with van der Waals surface area (Å²) in [4.78, 5) is 5.58. The molecule has 3 fully saturated rings. The van der Waals surface area contributed by atoms with E-state index in [-0.39, 0.29) is 0 Å². The molecular formula is C14H26N2. The van der Waals surface area contributed by atoms with Crippen molar-refractivity contribution in [2.24, 2.45) is 5.92 Å². The van der Waals surface area contributed by atoms with Crippen molar-refractivity contribution >= 4 is 0 Å². The maximum atomic E-state index is 2.84. The van der Waals surface area contributed by atoms with E-state index in [0.29, 0.717) is 0 Å². The maximum Gasteiger partial charge on any atom is 0.0224 e. The molecule has 0 spiro atoms. The highest BCUT2D eigenvalue weighted by molar-refractivity contribution is 4.94. The van der Waals surface area contributed by atoms with E-state index >= 15 is 0 Å². The van der Waals surface area contributed by atoms with Gasteiger partial charge in [-0.15, -0.1) is 0 Å². The first kappa shape index (κ1) is 11.0. The van der Waals surface area contributed by atoms with Gasteiger partial charge in [-0.3, -0.25) is 9.80 Å². The predicted octanol–water partition coefficient (Wildman–Crippen LogP) is 2.34. The first-order valence-corrected chi connectivity index (χ1v) is 7.24. The Morgan fingerprint density at radius 1 is 0.938 bits per heavy atom. The standard InChI is InChI=1S/C14H26N2/c1-11-5-6-13(8-11)16-10-14-4-3-7-15(14)9-12(16)2/h11-14H,3-10H2,1-2H3. The molecule has 2 nitrogen and oxygen atoms in total. The average molecular weight is 222 g/mol. The van der Waals surface area contributed by atoms with Crippen LogP contribution in [0.4, 0.5) is 0 Å². The number of nitrogens with zero attached hydrogens (tertiary/aromatic N) is 2. The highest BCUT2D eigenvalue weighted by atomic mass is 15.3. The summed E-state index contributed by atoms with van der Waals surface area (Å²) in [5.41, 5.74) is 0. The molecule has 4 unspecified atom stereocenters. The Labute approximate surface area is 100.0 Å². The van der Waals surface area contributed by atoms with Gasteiger partial charge >= 0.3 is 0 Å². The molecule has 3 rings (SSSR count). The van der Waals surface area contributed by atoms with Crippen molar-refractivity contribution in [3.05, 3.63) is 0 Å². The zero-order valence-electron chi connectivity index (χ0n) is 10.9. The monoisotopic (exact) mass is 222 g/mol. The Hall–Kier alpha value is -0.0800. The molecule has 2 saturated heterocycles. The predicted molar refractivity (Wildman–Crippen MR) is 67.6 cm³/mol. The number of hydrogen-bond donors (Lipinski definition) is 0. The largest absolute Gasteiger partial charge is 0.298 e. The van der Waals surface area contributed by atoms with Crippen molar-refractivity contribution in [3.63, 3.8) is 0 Å². The summed E-state index contributed by atoms with van der Waals surface area (Å²) in [6.45, 7) is 8.92. The molecule has 4 atom stereocenters. The lowest BCUT2D eigenvalue weighted by atomic mass is 10.0. The minimum absolute atomic E-state index is 0.796. The van der Waals surface area contributed by atoms with Gasteiger partial charge in [-0.05, 0) is 51.5 Å². The number of fused-ring (bicyclic) bond motifs is 1. The van der Waals surface area contributed by atoms with Crippen LogP contribution in [0.1, 0.15) is 46.0 Å². The molecule has 92 valence electrons. The van der Waals surface area contributed by atoms with Gasteiger partial charge in [-0.25, -0.2) is 0 Å². The molecule has 1 saturated carbocycles. The molecule has 2 heterocycles. The molecule has 2 heteroatoms. The highest BCUT2D eigenvalue weighted by Crippen LogP contribution is 2.33. The van der Waals surface area contributed by atoms with Crippen molar-refractivity contribution in [3.8, 4) is 0 Å². The fourth-order valence-electron chi connectivity index (χ4n) is 4.20. The fraction of sp³-hybridized carbons (Fsp3) is 1.00. The van der Waals surface area contributed by atoms with Gasteiger partial charge in [-0.1, -0.05) is 6.92 Å². The van der Waals surface area contributed by atoms with Crippen molar-refractivity contribution in [1.29, 1.82) is 0 Å². The van der Waals surface area contributed by atoms with Gasteiger partial charge in [-0.2, -0.15) is 0 Å². The zero-order chi connectivity index (χ0) is 11.1. The van der Waals surface area contributed by atoms with Crippen molar-refractivity contribution in [2.45, 2.75) is 64.1 Å². The Kier molecular flexibility index (Phi) is 2.97. The highest BCUT2D eigenvalue weighted by Gasteiger charge is 2.38. The molecule has 0 aromatic rings. The van der Waals surface area contributed by atoms with Crippen molar-refractivity contribution < 1.29 is 0 Å². The SMILES string of the molecule is CC1CCC(N2CC3CCCN3CC2C)C1. The van der Waals surface area contributed by atoms with Crippen molar-refractivity contribution in [1.82, 2.24) is 9.80 Å². The Balaban J connectivity index is 1.66. The minimum Gasteiger partial charge on any atom is -0.298 e. The third kappa shape index (κ3) is 1.91. The van der Waals surface area contributed by atoms with Crippen LogP contribution in [0.25, 0.3) is 0 Å². The van der Waals surface area contributed by atoms with E-state index in [0.717, 1.165) is 24.0 Å². The molecule has 0 amide bonds. The minimum atomic E-state index is 0.796. The third-order valence-corrected chi connectivity index (χ3v) is 5.12. The summed E-state index contributed by atoms with van der Waals surface area (Å²) < 4.78 is 0. The normalized spacial score (nSPS) is 46.1. The molecule has 3 aliphatic rings. The zero-order valence-corrected chi connectivity index (χ0v) is 10.9. The number of piperazine rings is 1. The van der Waals surface area contributed by atoms with Crippen LogP contribution < -0.4 is 0 Å². The van der Waals surface area contributed by atoms with Crippen LogP contribution in [0, 0.1) is 5.92 Å². The summed E-state index contributed by atoms with van der Waals surface area (Å²) >= 11 is 0. The summed E-state index contributed by atoms with van der Waals surface area (Å²) in [6.07, 6.45) is 7.26. The topological polar surface area (TPSA) is 6.48 Å². The summed E-state index contributed by atoms with van der Waals surface area (Å²) in [5.74, 6) is 0.971. The lowest BCUT2D eigenvalue weighted by Crippen LogP contribution is -2.57. The van der Waals surface area contributed by atoms with Gasteiger partial charge in [0.25, 0.3) is 0 Å². The first-order valence-electron chi connectivity index (χ1n) is 7.24. The average Bonchev–Trinajstić information content (AvgIpc) is 2.84. The maximum absolute atomic E-state index is 2.84. The van der Waals surface area contributed by atoms with Crippen LogP contribution in [-0.4, -0.2) is 47.6 Å². The molecule has 0 aromatic carbocycles. The smallest absolute Gasteiger partial charge is 0.0224 e. The van der Waals surface area contributed by atoms with Crippen LogP contribution in [0.2, 0.25) is 0 Å². The number of rotatable bonds is 1. The Bertz CT molecular complexity index is 253. The molecule has 0 radical (unpaired) electrons. The second-order valence-corrected chi connectivity index (χ2v) is 6.41. The van der Waals surface area contributed by atoms with E-state index in [1.54, 1.807) is 0 Å². The Morgan fingerprint density at radius 2 is 1.81 bits per heavy atom. The molecule has 0 N–H and O–H groups in total. The van der Waals surface area contributed by atoms with E-state index in [9.17, 15) is 0 Å². The second kappa shape index (κ2) is 4.30. The van der Waals surface area contributed by atoms with E-state index in [1.165, 1.54) is 51.7 Å². The van der Waals surface area contributed by atoms with Crippen LogP contribution in [0.3, 0.4) is 0 Å². The van der Waals surface area contributed by atoms with E-state index in [2.05, 4.69) is 23.6 Å². The number of hydrogen-bond acceptors (Lipinski definition) is 2. The van der Waals surface area contributed by atoms with Gasteiger partial charge in [0.1, 0.15) is 0 Å². The molecule has 16 heavy (non-hydrogen) atoms. The third-order valence-electron chi connectivity index (χ3n) is 5.12. The molecule has 1 aliphatic carbocycles. The summed E-state index contributed by atoms with van der Waals surface area (Å²) in [7, 11) is 0. The van der Waals surface area contributed by atoms with Gasteiger partial charge in [0.15, 0.2) is 0 Å². The van der Waals surface area contributed by atoms with Crippen LogP contribution >= 0.6 is 0 Å². The van der Waals surface area contributed by atoms with Gasteiger partial charge < -0.3 is 0 Å². The Morgan fingerprint density at radius 3 is 2.56 bits per heavy atom. The van der Waals surface area contributed by atoms with Gasteiger partial charge in [0.2, 0.25) is 0 Å². The quantitative estimate of drug-likeness (QED) is 0.672. The first-order chi connectivity index (χ1) is 7.74. The lowest BCUT2D eigenvalue weighted by molar-refractivity contribution is 0.0288. The second-order valence-electron chi connectivity index (χ2n) is 6.41. The summed E-state index contributed by atoms with van der Waals surface area (Å²) in [5, 5.41) is 0.